The summed E-state index contributed by atoms with van der Waals surface area (Å²) in [4.78, 5) is 1.47. The molecule has 2 heteroatoms. The minimum Gasteiger partial charge on any atom is -0.319 e. The summed E-state index contributed by atoms with van der Waals surface area (Å²) in [6.45, 7) is 5.55. The molecular formula is C10H17NS. The maximum absolute atomic E-state index is 3.24. The summed E-state index contributed by atoms with van der Waals surface area (Å²) in [6.07, 6.45) is 1.22. The van der Waals surface area contributed by atoms with E-state index in [1.807, 2.05) is 18.4 Å². The first-order valence-corrected chi connectivity index (χ1v) is 5.36. The molecule has 1 nitrogen and oxygen atoms in total. The molecule has 1 rings (SSSR count). The molecule has 0 radical (unpaired) electrons. The van der Waals surface area contributed by atoms with E-state index in [0.717, 1.165) is 6.54 Å². The highest BCUT2D eigenvalue weighted by molar-refractivity contribution is 7.10. The average molecular weight is 183 g/mol. The predicted octanol–water partition coefficient (Wildman–Crippen LogP) is 2.77. The van der Waals surface area contributed by atoms with Crippen molar-refractivity contribution in [3.63, 3.8) is 0 Å². The molecule has 0 aromatic carbocycles. The Morgan fingerprint density at radius 2 is 2.33 bits per heavy atom. The fourth-order valence-corrected chi connectivity index (χ4v) is 2.33. The molecule has 0 amide bonds. The molecule has 1 aromatic rings. The number of thiophene rings is 1. The highest BCUT2D eigenvalue weighted by Crippen LogP contribution is 2.25. The van der Waals surface area contributed by atoms with Crippen molar-refractivity contribution in [1.29, 1.82) is 0 Å². The van der Waals surface area contributed by atoms with Gasteiger partial charge in [0.2, 0.25) is 0 Å². The third kappa shape index (κ3) is 2.08. The zero-order valence-corrected chi connectivity index (χ0v) is 8.87. The van der Waals surface area contributed by atoms with Crippen molar-refractivity contribution in [2.45, 2.75) is 26.2 Å². The molecule has 1 heterocycles. The van der Waals surface area contributed by atoms with Crippen LogP contribution in [-0.4, -0.2) is 13.6 Å². The Balaban J connectivity index is 2.72. The van der Waals surface area contributed by atoms with Gasteiger partial charge in [0.1, 0.15) is 0 Å². The smallest absolute Gasteiger partial charge is 0.00495 e. The zero-order chi connectivity index (χ0) is 8.97. The number of rotatable bonds is 4. The van der Waals surface area contributed by atoms with Crippen molar-refractivity contribution >= 4 is 11.3 Å². The second-order valence-electron chi connectivity index (χ2n) is 3.09. The summed E-state index contributed by atoms with van der Waals surface area (Å²) in [5.74, 6) is 0.696. The fraction of sp³-hybridized carbons (Fsp3) is 0.600. The number of aryl methyl sites for hydroxylation is 1. The molecular weight excluding hydrogens is 166 g/mol. The number of likely N-dealkylation sites (N-methyl/N-ethyl adjacent to an activating group) is 1. The SMILES string of the molecule is CCC(CNC)c1ccsc1C. The van der Waals surface area contributed by atoms with Crippen molar-refractivity contribution in [2.24, 2.45) is 0 Å². The topological polar surface area (TPSA) is 12.0 Å². The molecule has 0 bridgehead atoms. The number of hydrogen-bond donors (Lipinski definition) is 1. The van der Waals surface area contributed by atoms with Gasteiger partial charge in [0.15, 0.2) is 0 Å². The lowest BCUT2D eigenvalue weighted by Crippen LogP contribution is -2.16. The van der Waals surface area contributed by atoms with E-state index >= 15 is 0 Å². The molecule has 0 aliphatic heterocycles. The highest BCUT2D eigenvalue weighted by atomic mass is 32.1. The van der Waals surface area contributed by atoms with Crippen LogP contribution in [-0.2, 0) is 0 Å². The van der Waals surface area contributed by atoms with Crippen LogP contribution in [0.5, 0.6) is 0 Å². The minimum absolute atomic E-state index is 0.696. The van der Waals surface area contributed by atoms with Gasteiger partial charge < -0.3 is 5.32 Å². The van der Waals surface area contributed by atoms with Gasteiger partial charge in [0.05, 0.1) is 0 Å². The molecule has 0 aliphatic carbocycles. The minimum atomic E-state index is 0.696. The van der Waals surface area contributed by atoms with Crippen LogP contribution >= 0.6 is 11.3 Å². The summed E-state index contributed by atoms with van der Waals surface area (Å²) in [7, 11) is 2.02. The van der Waals surface area contributed by atoms with Gasteiger partial charge in [-0.15, -0.1) is 11.3 Å². The molecule has 1 atom stereocenters. The van der Waals surface area contributed by atoms with E-state index in [1.54, 1.807) is 0 Å². The van der Waals surface area contributed by atoms with Crippen LogP contribution in [0.2, 0.25) is 0 Å². The number of nitrogens with one attached hydrogen (secondary N) is 1. The van der Waals surface area contributed by atoms with Gasteiger partial charge in [-0.2, -0.15) is 0 Å². The lowest BCUT2D eigenvalue weighted by molar-refractivity contribution is 0.611. The first-order chi connectivity index (χ1) is 5.79. The molecule has 1 N–H and O–H groups in total. The highest BCUT2D eigenvalue weighted by Gasteiger charge is 2.10. The van der Waals surface area contributed by atoms with Crippen LogP contribution in [0.25, 0.3) is 0 Å². The number of hydrogen-bond acceptors (Lipinski definition) is 2. The first-order valence-electron chi connectivity index (χ1n) is 4.48. The van der Waals surface area contributed by atoms with Crippen LogP contribution < -0.4 is 5.32 Å². The van der Waals surface area contributed by atoms with Crippen LogP contribution in [0.15, 0.2) is 11.4 Å². The van der Waals surface area contributed by atoms with Crippen molar-refractivity contribution in [1.82, 2.24) is 5.32 Å². The first kappa shape index (κ1) is 9.75. The second kappa shape index (κ2) is 4.63. The maximum atomic E-state index is 3.24. The normalized spacial score (nSPS) is 13.2. The molecule has 1 aromatic heterocycles. The maximum Gasteiger partial charge on any atom is 0.00495 e. The third-order valence-electron chi connectivity index (χ3n) is 2.28. The second-order valence-corrected chi connectivity index (χ2v) is 4.22. The summed E-state index contributed by atoms with van der Waals surface area (Å²) in [5.41, 5.74) is 1.52. The van der Waals surface area contributed by atoms with E-state index < -0.39 is 0 Å². The van der Waals surface area contributed by atoms with Gasteiger partial charge in [0.25, 0.3) is 0 Å². The Labute approximate surface area is 78.8 Å². The monoisotopic (exact) mass is 183 g/mol. The summed E-state index contributed by atoms with van der Waals surface area (Å²) >= 11 is 1.85. The van der Waals surface area contributed by atoms with Crippen LogP contribution in [0.4, 0.5) is 0 Å². The van der Waals surface area contributed by atoms with E-state index in [4.69, 9.17) is 0 Å². The van der Waals surface area contributed by atoms with Crippen LogP contribution in [0.3, 0.4) is 0 Å². The van der Waals surface area contributed by atoms with E-state index in [2.05, 4.69) is 30.6 Å². The van der Waals surface area contributed by atoms with Gasteiger partial charge in [-0.1, -0.05) is 6.92 Å². The van der Waals surface area contributed by atoms with Gasteiger partial charge in [-0.3, -0.25) is 0 Å². The van der Waals surface area contributed by atoms with E-state index in [-0.39, 0.29) is 0 Å². The fourth-order valence-electron chi connectivity index (χ4n) is 1.54. The van der Waals surface area contributed by atoms with E-state index in [0.29, 0.717) is 5.92 Å². The molecule has 0 spiro atoms. The quantitative estimate of drug-likeness (QED) is 0.757. The lowest BCUT2D eigenvalue weighted by Gasteiger charge is -2.13. The zero-order valence-electron chi connectivity index (χ0n) is 8.05. The molecule has 1 unspecified atom stereocenters. The lowest BCUT2D eigenvalue weighted by atomic mass is 9.97. The van der Waals surface area contributed by atoms with Gasteiger partial charge >= 0.3 is 0 Å². The molecule has 12 heavy (non-hydrogen) atoms. The van der Waals surface area contributed by atoms with Crippen LogP contribution in [0, 0.1) is 6.92 Å². The third-order valence-corrected chi connectivity index (χ3v) is 3.14. The van der Waals surface area contributed by atoms with Gasteiger partial charge in [-0.05, 0) is 43.3 Å². The standard InChI is InChI=1S/C10H17NS/c1-4-9(7-11-3)10-5-6-12-8(10)2/h5-6,9,11H,4,7H2,1-3H3. The van der Waals surface area contributed by atoms with E-state index in [9.17, 15) is 0 Å². The predicted molar refractivity (Wildman–Crippen MR) is 56.0 cm³/mol. The van der Waals surface area contributed by atoms with Crippen molar-refractivity contribution in [2.75, 3.05) is 13.6 Å². The Morgan fingerprint density at radius 1 is 1.58 bits per heavy atom. The van der Waals surface area contributed by atoms with Gasteiger partial charge in [-0.25, -0.2) is 0 Å². The molecule has 0 saturated heterocycles. The summed E-state index contributed by atoms with van der Waals surface area (Å²) < 4.78 is 0. The van der Waals surface area contributed by atoms with E-state index in [1.165, 1.54) is 16.9 Å². The van der Waals surface area contributed by atoms with Gasteiger partial charge in [0, 0.05) is 11.4 Å². The average Bonchev–Trinajstić information content (AvgIpc) is 2.47. The van der Waals surface area contributed by atoms with Crippen molar-refractivity contribution in [3.8, 4) is 0 Å². The molecule has 0 aliphatic rings. The molecule has 68 valence electrons. The Bertz CT molecular complexity index is 229. The summed E-state index contributed by atoms with van der Waals surface area (Å²) in [5, 5.41) is 5.42. The van der Waals surface area contributed by atoms with Crippen molar-refractivity contribution < 1.29 is 0 Å². The largest absolute Gasteiger partial charge is 0.319 e. The molecule has 0 fully saturated rings. The molecule has 0 saturated carbocycles. The summed E-state index contributed by atoms with van der Waals surface area (Å²) in [6, 6.07) is 2.26. The Hall–Kier alpha value is -0.340. The Kier molecular flexibility index (Phi) is 3.76. The Morgan fingerprint density at radius 3 is 2.75 bits per heavy atom. The van der Waals surface area contributed by atoms with Crippen LogP contribution in [0.1, 0.15) is 29.7 Å². The van der Waals surface area contributed by atoms with Crippen molar-refractivity contribution in [3.05, 3.63) is 21.9 Å².